The molecule has 0 fully saturated rings. The fourth-order valence-electron chi connectivity index (χ4n) is 1.36. The van der Waals surface area contributed by atoms with E-state index in [2.05, 4.69) is 5.32 Å². The minimum absolute atomic E-state index is 0.205. The summed E-state index contributed by atoms with van der Waals surface area (Å²) in [6, 6.07) is 2.87. The Morgan fingerprint density at radius 1 is 1.29 bits per heavy atom. The Hall–Kier alpha value is -1.50. The number of amides is 1. The van der Waals surface area contributed by atoms with Crippen LogP contribution in [-0.4, -0.2) is 37.3 Å². The fraction of sp³-hybridized carbons (Fsp3) is 0.385. The topological polar surface area (TPSA) is 84.9 Å². The molecule has 0 aliphatic rings. The maximum atomic E-state index is 11.6. The van der Waals surface area contributed by atoms with Crippen LogP contribution in [0.4, 0.5) is 5.69 Å². The van der Waals surface area contributed by atoms with Gasteiger partial charge < -0.3 is 19.9 Å². The molecular formula is C13H15Cl2NO5. The van der Waals surface area contributed by atoms with E-state index in [1.54, 1.807) is 0 Å². The number of hydrogen-bond acceptors (Lipinski definition) is 4. The van der Waals surface area contributed by atoms with Crippen LogP contribution in [0.15, 0.2) is 12.1 Å². The number of hydrogen-bond donors (Lipinski definition) is 2. The first kappa shape index (κ1) is 17.6. The summed E-state index contributed by atoms with van der Waals surface area (Å²) in [6.07, 6.45) is 0. The van der Waals surface area contributed by atoms with Gasteiger partial charge in [-0.2, -0.15) is 0 Å². The lowest BCUT2D eigenvalue weighted by molar-refractivity contribution is -0.144. The summed E-state index contributed by atoms with van der Waals surface area (Å²) in [5.41, 5.74) is 0.294. The molecule has 2 N–H and O–H groups in total. The summed E-state index contributed by atoms with van der Waals surface area (Å²) in [5, 5.41) is 11.6. The largest absolute Gasteiger partial charge is 0.488 e. The molecule has 1 amide bonds. The van der Waals surface area contributed by atoms with Gasteiger partial charge in [0.25, 0.3) is 0 Å². The molecule has 8 heteroatoms. The molecule has 1 rings (SSSR count). The van der Waals surface area contributed by atoms with E-state index in [9.17, 15) is 9.59 Å². The fourth-order valence-corrected chi connectivity index (χ4v) is 1.96. The third kappa shape index (κ3) is 5.08. The highest BCUT2D eigenvalue weighted by atomic mass is 35.5. The Morgan fingerprint density at radius 2 is 1.86 bits per heavy atom. The van der Waals surface area contributed by atoms with Crippen molar-refractivity contribution in [2.24, 2.45) is 5.92 Å². The minimum Gasteiger partial charge on any atom is -0.488 e. The second-order valence-electron chi connectivity index (χ2n) is 4.16. The lowest BCUT2D eigenvalue weighted by atomic mass is 10.1. The maximum absolute atomic E-state index is 11.6. The van der Waals surface area contributed by atoms with Crippen molar-refractivity contribution in [3.05, 3.63) is 22.2 Å². The summed E-state index contributed by atoms with van der Waals surface area (Å²) in [7, 11) is 1.54. The Kier molecular flexibility index (Phi) is 6.74. The summed E-state index contributed by atoms with van der Waals surface area (Å²) in [5.74, 6) is -2.79. The molecule has 0 aromatic heterocycles. The van der Waals surface area contributed by atoms with Crippen LogP contribution >= 0.6 is 23.2 Å². The van der Waals surface area contributed by atoms with Crippen molar-refractivity contribution in [1.82, 2.24) is 0 Å². The molecule has 116 valence electrons. The van der Waals surface area contributed by atoms with Gasteiger partial charge in [0.2, 0.25) is 5.91 Å². The predicted molar refractivity (Wildman–Crippen MR) is 79.3 cm³/mol. The van der Waals surface area contributed by atoms with Crippen LogP contribution in [-0.2, 0) is 14.3 Å². The van der Waals surface area contributed by atoms with E-state index in [4.69, 9.17) is 37.8 Å². The summed E-state index contributed by atoms with van der Waals surface area (Å²) >= 11 is 12.0. The number of carboxylic acids is 1. The third-order valence-corrected chi connectivity index (χ3v) is 3.12. The molecule has 1 aromatic carbocycles. The molecule has 0 spiro atoms. The molecule has 0 bridgehead atoms. The lowest BCUT2D eigenvalue weighted by Gasteiger charge is -2.13. The number of nitrogens with one attached hydrogen (secondary N) is 1. The molecule has 0 saturated carbocycles. The number of carboxylic acid groups (broad SMARTS) is 1. The van der Waals surface area contributed by atoms with Crippen LogP contribution in [0.3, 0.4) is 0 Å². The van der Waals surface area contributed by atoms with Crippen LogP contribution in [0.2, 0.25) is 10.0 Å². The summed E-state index contributed by atoms with van der Waals surface area (Å²) in [6.45, 7) is 1.93. The van der Waals surface area contributed by atoms with Gasteiger partial charge in [0.15, 0.2) is 5.75 Å². The number of carbonyl (C=O) groups excluding carboxylic acids is 1. The van der Waals surface area contributed by atoms with Crippen molar-refractivity contribution in [2.45, 2.75) is 6.92 Å². The molecule has 0 heterocycles. The zero-order valence-corrected chi connectivity index (χ0v) is 13.0. The number of halogens is 2. The highest BCUT2D eigenvalue weighted by molar-refractivity contribution is 6.37. The van der Waals surface area contributed by atoms with Gasteiger partial charge in [-0.05, 0) is 19.1 Å². The Balaban J connectivity index is 2.83. The Morgan fingerprint density at radius 3 is 2.33 bits per heavy atom. The third-order valence-electron chi connectivity index (χ3n) is 2.56. The normalized spacial score (nSPS) is 11.8. The van der Waals surface area contributed by atoms with Gasteiger partial charge in [0, 0.05) is 12.8 Å². The predicted octanol–water partition coefficient (Wildman–Crippen LogP) is 2.68. The van der Waals surface area contributed by atoms with Gasteiger partial charge >= 0.3 is 5.97 Å². The molecule has 0 aliphatic heterocycles. The van der Waals surface area contributed by atoms with Crippen molar-refractivity contribution in [3.63, 3.8) is 0 Å². The molecule has 0 saturated heterocycles. The molecule has 0 aliphatic carbocycles. The first-order chi connectivity index (χ1) is 9.86. The van der Waals surface area contributed by atoms with Crippen molar-refractivity contribution in [2.75, 3.05) is 25.6 Å². The standard InChI is InChI=1S/C13H15Cl2NO5/c1-7(13(18)19)12(17)16-8-5-9(14)11(10(15)6-8)21-4-3-20-2/h5-7H,3-4H2,1-2H3,(H,16,17)(H,18,19). The van der Waals surface area contributed by atoms with E-state index >= 15 is 0 Å². The van der Waals surface area contributed by atoms with Crippen LogP contribution in [0.25, 0.3) is 0 Å². The highest BCUT2D eigenvalue weighted by Crippen LogP contribution is 2.36. The van der Waals surface area contributed by atoms with Crippen LogP contribution in [0.1, 0.15) is 6.92 Å². The van der Waals surface area contributed by atoms with Gasteiger partial charge in [-0.25, -0.2) is 0 Å². The molecular weight excluding hydrogens is 321 g/mol. The van der Waals surface area contributed by atoms with Crippen LogP contribution in [0, 0.1) is 5.92 Å². The second-order valence-corrected chi connectivity index (χ2v) is 4.97. The van der Waals surface area contributed by atoms with Gasteiger partial charge in [-0.15, -0.1) is 0 Å². The molecule has 1 atom stereocenters. The lowest BCUT2D eigenvalue weighted by Crippen LogP contribution is -2.26. The number of carbonyl (C=O) groups is 2. The highest BCUT2D eigenvalue weighted by Gasteiger charge is 2.21. The molecule has 21 heavy (non-hydrogen) atoms. The molecule has 0 radical (unpaired) electrons. The van der Waals surface area contributed by atoms with E-state index < -0.39 is 17.8 Å². The number of anilines is 1. The Labute approximate surface area is 131 Å². The van der Waals surface area contributed by atoms with Crippen molar-refractivity contribution in [3.8, 4) is 5.75 Å². The maximum Gasteiger partial charge on any atom is 0.315 e. The van der Waals surface area contributed by atoms with Gasteiger partial charge in [-0.3, -0.25) is 9.59 Å². The van der Waals surface area contributed by atoms with E-state index in [0.717, 1.165) is 0 Å². The average Bonchev–Trinajstić information content (AvgIpc) is 2.40. The van der Waals surface area contributed by atoms with Crippen LogP contribution < -0.4 is 10.1 Å². The van der Waals surface area contributed by atoms with Gasteiger partial charge in [0.1, 0.15) is 12.5 Å². The summed E-state index contributed by atoms with van der Waals surface area (Å²) in [4.78, 5) is 22.4. The number of aliphatic carboxylic acids is 1. The summed E-state index contributed by atoms with van der Waals surface area (Å²) < 4.78 is 10.2. The van der Waals surface area contributed by atoms with Gasteiger partial charge in [0.05, 0.1) is 16.7 Å². The zero-order chi connectivity index (χ0) is 16.0. The van der Waals surface area contributed by atoms with Crippen molar-refractivity contribution >= 4 is 40.8 Å². The van der Waals surface area contributed by atoms with E-state index in [1.165, 1.54) is 26.2 Å². The van der Waals surface area contributed by atoms with E-state index in [-0.39, 0.29) is 22.4 Å². The van der Waals surface area contributed by atoms with Crippen LogP contribution in [0.5, 0.6) is 5.75 Å². The minimum atomic E-state index is -1.22. The van der Waals surface area contributed by atoms with E-state index in [1.807, 2.05) is 0 Å². The molecule has 6 nitrogen and oxygen atoms in total. The Bertz CT molecular complexity index is 512. The smallest absolute Gasteiger partial charge is 0.315 e. The van der Waals surface area contributed by atoms with Crippen molar-refractivity contribution < 1.29 is 24.2 Å². The van der Waals surface area contributed by atoms with E-state index in [0.29, 0.717) is 12.3 Å². The first-order valence-corrected chi connectivity index (χ1v) is 6.76. The average molecular weight is 336 g/mol. The SMILES string of the molecule is COCCOc1c(Cl)cc(NC(=O)C(C)C(=O)O)cc1Cl. The number of rotatable bonds is 7. The molecule has 1 unspecified atom stereocenters. The number of benzene rings is 1. The molecule has 1 aromatic rings. The monoisotopic (exact) mass is 335 g/mol. The second kappa shape index (κ2) is 8.07. The van der Waals surface area contributed by atoms with Gasteiger partial charge in [-0.1, -0.05) is 23.2 Å². The quantitative estimate of drug-likeness (QED) is 0.591. The zero-order valence-electron chi connectivity index (χ0n) is 11.5. The first-order valence-electron chi connectivity index (χ1n) is 6.01. The van der Waals surface area contributed by atoms with Crippen molar-refractivity contribution in [1.29, 1.82) is 0 Å². The number of ether oxygens (including phenoxy) is 2. The number of methoxy groups -OCH3 is 1.